The lowest BCUT2D eigenvalue weighted by molar-refractivity contribution is 0.274. The first kappa shape index (κ1) is 15.9. The fourth-order valence-electron chi connectivity index (χ4n) is 2.29. The first-order valence-corrected chi connectivity index (χ1v) is 7.56. The smallest absolute Gasteiger partial charge is 0.318 e. The number of hydrogen-bond acceptors (Lipinski definition) is 5. The van der Waals surface area contributed by atoms with Gasteiger partial charge in [0, 0.05) is 36.8 Å². The fourth-order valence-corrected chi connectivity index (χ4v) is 2.45. The molecule has 0 aliphatic carbocycles. The molecule has 1 N–H and O–H groups in total. The zero-order chi connectivity index (χ0) is 16.2. The van der Waals surface area contributed by atoms with E-state index in [0.717, 1.165) is 19.3 Å². The summed E-state index contributed by atoms with van der Waals surface area (Å²) in [6.07, 6.45) is 1.07. The highest BCUT2D eigenvalue weighted by Crippen LogP contribution is 2.20. The lowest BCUT2D eigenvalue weighted by atomic mass is 10.2. The monoisotopic (exact) mass is 340 g/mol. The second kappa shape index (κ2) is 7.06. The number of hydrogen-bond donors (Lipinski definition) is 1. The summed E-state index contributed by atoms with van der Waals surface area (Å²) < 4.78 is 33.0. The van der Waals surface area contributed by atoms with Crippen molar-refractivity contribution in [2.24, 2.45) is 0 Å². The van der Waals surface area contributed by atoms with Crippen LogP contribution in [0.25, 0.3) is 0 Å². The molecule has 0 bridgehead atoms. The van der Waals surface area contributed by atoms with Crippen LogP contribution in [0.2, 0.25) is 5.02 Å². The van der Waals surface area contributed by atoms with Gasteiger partial charge in [0.2, 0.25) is 0 Å². The molecule has 1 aliphatic heterocycles. The summed E-state index contributed by atoms with van der Waals surface area (Å²) in [5.74, 6) is -0.771. The van der Waals surface area contributed by atoms with E-state index in [-0.39, 0.29) is 18.4 Å². The number of halogens is 3. The SMILES string of the molecule is Fc1cc(Cl)ccc1COc1ncc(F)c(N2CCNCC2)n1. The summed E-state index contributed by atoms with van der Waals surface area (Å²) in [7, 11) is 0. The molecule has 0 unspecified atom stereocenters. The van der Waals surface area contributed by atoms with Gasteiger partial charge in [0.05, 0.1) is 6.20 Å². The van der Waals surface area contributed by atoms with E-state index in [0.29, 0.717) is 23.7 Å². The highest BCUT2D eigenvalue weighted by molar-refractivity contribution is 6.30. The van der Waals surface area contributed by atoms with Gasteiger partial charge >= 0.3 is 6.01 Å². The molecular weight excluding hydrogens is 326 g/mol. The molecule has 1 saturated heterocycles. The van der Waals surface area contributed by atoms with Crippen molar-refractivity contribution in [3.8, 4) is 6.01 Å². The van der Waals surface area contributed by atoms with Crippen LogP contribution in [0.1, 0.15) is 5.56 Å². The number of aromatic nitrogens is 2. The van der Waals surface area contributed by atoms with Crippen LogP contribution < -0.4 is 15.0 Å². The van der Waals surface area contributed by atoms with Crippen LogP contribution >= 0.6 is 11.6 Å². The second-order valence-corrected chi connectivity index (χ2v) is 5.52. The van der Waals surface area contributed by atoms with E-state index >= 15 is 0 Å². The van der Waals surface area contributed by atoms with Crippen LogP contribution in [-0.4, -0.2) is 36.1 Å². The Labute approximate surface area is 137 Å². The van der Waals surface area contributed by atoms with Crippen molar-refractivity contribution in [1.82, 2.24) is 15.3 Å². The van der Waals surface area contributed by atoms with Crippen LogP contribution in [0.4, 0.5) is 14.6 Å². The molecule has 8 heteroatoms. The van der Waals surface area contributed by atoms with E-state index in [9.17, 15) is 8.78 Å². The van der Waals surface area contributed by atoms with Gasteiger partial charge in [-0.3, -0.25) is 0 Å². The molecule has 0 amide bonds. The molecule has 1 aliphatic rings. The Bertz CT molecular complexity index is 695. The topological polar surface area (TPSA) is 50.3 Å². The van der Waals surface area contributed by atoms with Gasteiger partial charge in [-0.15, -0.1) is 0 Å². The predicted octanol–water partition coefficient (Wildman–Crippen LogP) is 2.40. The number of rotatable bonds is 4. The summed E-state index contributed by atoms with van der Waals surface area (Å²) in [5, 5.41) is 3.50. The zero-order valence-electron chi connectivity index (χ0n) is 12.2. The zero-order valence-corrected chi connectivity index (χ0v) is 13.0. The molecule has 2 aromatic rings. The van der Waals surface area contributed by atoms with Gasteiger partial charge in [0.15, 0.2) is 11.6 Å². The highest BCUT2D eigenvalue weighted by Gasteiger charge is 2.18. The van der Waals surface area contributed by atoms with Crippen molar-refractivity contribution >= 4 is 17.4 Å². The summed E-state index contributed by atoms with van der Waals surface area (Å²) in [6.45, 7) is 2.76. The van der Waals surface area contributed by atoms with Crippen LogP contribution in [0.5, 0.6) is 6.01 Å². The Morgan fingerprint density at radius 3 is 2.74 bits per heavy atom. The number of piperazine rings is 1. The second-order valence-electron chi connectivity index (χ2n) is 5.09. The van der Waals surface area contributed by atoms with Gasteiger partial charge in [-0.05, 0) is 12.1 Å². The van der Waals surface area contributed by atoms with Gasteiger partial charge < -0.3 is 15.0 Å². The summed E-state index contributed by atoms with van der Waals surface area (Å²) in [6, 6.07) is 4.31. The molecule has 0 saturated carbocycles. The van der Waals surface area contributed by atoms with Crippen molar-refractivity contribution in [3.63, 3.8) is 0 Å². The molecule has 1 aromatic heterocycles. The van der Waals surface area contributed by atoms with E-state index < -0.39 is 11.6 Å². The van der Waals surface area contributed by atoms with Crippen LogP contribution in [0, 0.1) is 11.6 Å². The van der Waals surface area contributed by atoms with Crippen molar-refractivity contribution in [2.75, 3.05) is 31.1 Å². The Morgan fingerprint density at radius 1 is 1.22 bits per heavy atom. The Balaban J connectivity index is 1.72. The quantitative estimate of drug-likeness (QED) is 0.926. The molecule has 1 fully saturated rings. The van der Waals surface area contributed by atoms with E-state index in [4.69, 9.17) is 16.3 Å². The Hall–Kier alpha value is -1.99. The average molecular weight is 341 g/mol. The molecule has 1 aromatic carbocycles. The maximum Gasteiger partial charge on any atom is 0.318 e. The lowest BCUT2D eigenvalue weighted by Crippen LogP contribution is -2.44. The molecule has 0 spiro atoms. The lowest BCUT2D eigenvalue weighted by Gasteiger charge is -2.28. The van der Waals surface area contributed by atoms with Crippen LogP contribution in [0.3, 0.4) is 0 Å². The number of ether oxygens (including phenoxy) is 1. The third-order valence-electron chi connectivity index (χ3n) is 3.49. The summed E-state index contributed by atoms with van der Waals surface area (Å²) in [4.78, 5) is 9.72. The molecule has 23 heavy (non-hydrogen) atoms. The minimum Gasteiger partial charge on any atom is -0.458 e. The third-order valence-corrected chi connectivity index (χ3v) is 3.73. The molecule has 5 nitrogen and oxygen atoms in total. The van der Waals surface area contributed by atoms with Crippen LogP contribution in [-0.2, 0) is 6.61 Å². The largest absolute Gasteiger partial charge is 0.458 e. The van der Waals surface area contributed by atoms with Crippen molar-refractivity contribution < 1.29 is 13.5 Å². The van der Waals surface area contributed by atoms with E-state index in [1.54, 1.807) is 6.07 Å². The highest BCUT2D eigenvalue weighted by atomic mass is 35.5. The first-order valence-electron chi connectivity index (χ1n) is 7.18. The Kier molecular flexibility index (Phi) is 4.88. The standard InChI is InChI=1S/C15H15ClF2N4O/c16-11-2-1-10(12(17)7-11)9-23-15-20-8-13(18)14(21-15)22-5-3-19-4-6-22/h1-2,7-8,19H,3-6,9H2. The van der Waals surface area contributed by atoms with Crippen molar-refractivity contribution in [2.45, 2.75) is 6.61 Å². The fraction of sp³-hybridized carbons (Fsp3) is 0.333. The number of nitrogens with one attached hydrogen (secondary N) is 1. The van der Waals surface area contributed by atoms with E-state index in [2.05, 4.69) is 15.3 Å². The molecular formula is C15H15ClF2N4O. The first-order chi connectivity index (χ1) is 11.1. The molecule has 0 atom stereocenters. The number of anilines is 1. The maximum atomic E-state index is 13.9. The maximum absolute atomic E-state index is 13.9. The molecule has 0 radical (unpaired) electrons. The van der Waals surface area contributed by atoms with Crippen molar-refractivity contribution in [3.05, 3.63) is 46.6 Å². The van der Waals surface area contributed by atoms with Gasteiger partial charge in [-0.1, -0.05) is 17.7 Å². The van der Waals surface area contributed by atoms with Gasteiger partial charge in [-0.2, -0.15) is 4.98 Å². The molecule has 2 heterocycles. The minimum absolute atomic E-state index is 0.00860. The number of benzene rings is 1. The van der Waals surface area contributed by atoms with Crippen molar-refractivity contribution in [1.29, 1.82) is 0 Å². The third kappa shape index (κ3) is 3.86. The summed E-state index contributed by atoms with van der Waals surface area (Å²) in [5.41, 5.74) is 0.325. The van der Waals surface area contributed by atoms with Crippen LogP contribution in [0.15, 0.2) is 24.4 Å². The van der Waals surface area contributed by atoms with E-state index in [1.165, 1.54) is 12.1 Å². The molecule has 122 valence electrons. The molecule has 3 rings (SSSR count). The summed E-state index contributed by atoms with van der Waals surface area (Å²) >= 11 is 5.70. The normalized spacial score (nSPS) is 14.8. The van der Waals surface area contributed by atoms with Gasteiger partial charge in [0.1, 0.15) is 12.4 Å². The van der Waals surface area contributed by atoms with E-state index in [1.807, 2.05) is 4.90 Å². The van der Waals surface area contributed by atoms with Gasteiger partial charge in [-0.25, -0.2) is 13.8 Å². The van der Waals surface area contributed by atoms with Gasteiger partial charge in [0.25, 0.3) is 0 Å². The minimum atomic E-state index is -0.503. The Morgan fingerprint density at radius 2 is 2.00 bits per heavy atom. The average Bonchev–Trinajstić information content (AvgIpc) is 2.56. The predicted molar refractivity (Wildman–Crippen MR) is 82.8 cm³/mol. The number of nitrogens with zero attached hydrogens (tertiary/aromatic N) is 3.